The molecule has 14 N–H and O–H groups in total. The average molecular weight is 1140 g/mol. The number of aliphatic carboxylic acids is 7. The first-order valence-corrected chi connectivity index (χ1v) is 27.1. The van der Waals surface area contributed by atoms with Gasteiger partial charge in [0.25, 0.3) is 0 Å². The summed E-state index contributed by atoms with van der Waals surface area (Å²) in [6.07, 6.45) is 1.02. The van der Waals surface area contributed by atoms with Gasteiger partial charge in [0.1, 0.15) is 24.2 Å². The van der Waals surface area contributed by atoms with Crippen LogP contribution in [0.4, 0.5) is 4.79 Å². The Labute approximate surface area is 463 Å². The number of hydrogen-bond donors (Lipinski definition) is 14. The molecule has 1 fully saturated rings. The van der Waals surface area contributed by atoms with Gasteiger partial charge in [0, 0.05) is 76.1 Å². The van der Waals surface area contributed by atoms with E-state index in [0.717, 1.165) is 33.3 Å². The molecular weight excluding hydrogens is 1070 g/mol. The van der Waals surface area contributed by atoms with Gasteiger partial charge >= 0.3 is 47.8 Å². The van der Waals surface area contributed by atoms with E-state index in [0.29, 0.717) is 31.2 Å². The molecule has 0 aliphatic heterocycles. The van der Waals surface area contributed by atoms with E-state index in [2.05, 4.69) is 37.2 Å². The Hall–Kier alpha value is -7.66. The monoisotopic (exact) mass is 1140 g/mol. The zero-order valence-corrected chi connectivity index (χ0v) is 44.7. The van der Waals surface area contributed by atoms with Gasteiger partial charge in [-0.3, -0.25) is 43.4 Å². The number of urea groups is 1. The van der Waals surface area contributed by atoms with Crippen LogP contribution in [-0.2, 0) is 54.4 Å². The van der Waals surface area contributed by atoms with Crippen LogP contribution in [0.15, 0.2) is 54.6 Å². The summed E-state index contributed by atoms with van der Waals surface area (Å²) in [4.78, 5) is 139. The van der Waals surface area contributed by atoms with Gasteiger partial charge in [0.05, 0.1) is 26.2 Å². The summed E-state index contributed by atoms with van der Waals surface area (Å²) in [5.74, 6) is -12.0. The van der Waals surface area contributed by atoms with Gasteiger partial charge in [-0.25, -0.2) is 19.2 Å². The largest absolute Gasteiger partial charge is 0.481 e. The van der Waals surface area contributed by atoms with Crippen molar-refractivity contribution in [3.05, 3.63) is 60.2 Å². The third-order valence-corrected chi connectivity index (χ3v) is 14.4. The van der Waals surface area contributed by atoms with Crippen LogP contribution in [0.2, 0.25) is 0 Å². The van der Waals surface area contributed by atoms with Crippen molar-refractivity contribution in [3.8, 4) is 0 Å². The maximum Gasteiger partial charge on any atom is 0.327 e. The van der Waals surface area contributed by atoms with Crippen LogP contribution in [-0.4, -0.2) is 219 Å². The maximum absolute atomic E-state index is 14.4. The molecule has 0 saturated heterocycles. The summed E-state index contributed by atoms with van der Waals surface area (Å²) >= 11 is 0.758. The van der Waals surface area contributed by atoms with Crippen molar-refractivity contribution in [1.29, 1.82) is 0 Å². The molecule has 0 radical (unpaired) electrons. The van der Waals surface area contributed by atoms with E-state index in [4.69, 9.17) is 15.3 Å². The highest BCUT2D eigenvalue weighted by atomic mass is 32.2. The highest BCUT2D eigenvalue weighted by Gasteiger charge is 2.33. The number of nitrogens with zero attached hydrogens (tertiary/aromatic N) is 2. The van der Waals surface area contributed by atoms with E-state index < -0.39 is 101 Å². The molecule has 438 valence electrons. The van der Waals surface area contributed by atoms with E-state index in [1.807, 2.05) is 54.6 Å². The zero-order valence-electron chi connectivity index (χ0n) is 43.9. The van der Waals surface area contributed by atoms with Crippen LogP contribution in [0.1, 0.15) is 50.5 Å². The minimum atomic E-state index is -1.65. The van der Waals surface area contributed by atoms with Crippen molar-refractivity contribution >= 4 is 98.8 Å². The first kappa shape index (κ1) is 64.9. The predicted molar refractivity (Wildman–Crippen MR) is 290 cm³/mol. The number of carbonyl (C=O) groups excluding carboxylic acids is 4. The Morgan fingerprint density at radius 3 is 1.59 bits per heavy atom. The van der Waals surface area contributed by atoms with Crippen LogP contribution in [0.5, 0.6) is 0 Å². The van der Waals surface area contributed by atoms with Gasteiger partial charge < -0.3 is 73.0 Å². The summed E-state index contributed by atoms with van der Waals surface area (Å²) in [5.41, 5.74) is 0.707. The number of amides is 5. The second kappa shape index (κ2) is 33.7. The fourth-order valence-electron chi connectivity index (χ4n) is 9.05. The van der Waals surface area contributed by atoms with Crippen LogP contribution in [0, 0.1) is 11.8 Å². The number of carboxylic acids is 7. The lowest BCUT2D eigenvalue weighted by Crippen LogP contribution is -2.54. The lowest BCUT2D eigenvalue weighted by molar-refractivity contribution is -0.141. The van der Waals surface area contributed by atoms with Gasteiger partial charge in [0.2, 0.25) is 17.7 Å². The Bertz CT molecular complexity index is 2600. The molecule has 0 heterocycles. The third kappa shape index (κ3) is 23.4. The summed E-state index contributed by atoms with van der Waals surface area (Å²) in [5, 5.41) is 87.2. The number of carbonyl (C=O) groups is 11. The fourth-order valence-corrected chi connectivity index (χ4v) is 10.1. The normalized spacial score (nSPS) is 15.7. The van der Waals surface area contributed by atoms with Crippen LogP contribution in [0.3, 0.4) is 0 Å². The topological polar surface area (TPSA) is 420 Å². The van der Waals surface area contributed by atoms with Crippen molar-refractivity contribution in [2.24, 2.45) is 11.8 Å². The first-order chi connectivity index (χ1) is 38.1. The molecule has 5 amide bonds. The molecule has 1 saturated carbocycles. The molecular formula is C52H71N9O18S. The standard InChI is InChI=1S/C52H71N9O18S/c62-42(27-60(18-16-53-25-44(65)66)20-21-61(28-46(69)70)19-17-54-26-45(67)68)55-24-31-12-14-32(15-13-31)47(71)56-39(23-37-35-8-3-1-6-33(35)22-34-7-2-4-9-36(34)37)48(72)57-40(50(75)76)29-80-30-41(51(77)78)59-52(79)58-38(49(73)74)10-5-11-43(63)64/h1-4,6-9,22,31-32,38-41,53-54H,5,10-21,23-30H2,(H,55,62)(H,56,71)(H,57,72)(H,63,64)(H,65,66)(H,67,68)(H,69,70)(H,73,74)(H,75,76)(H,77,78)(H2,58,59,79)/t31?,32?,38-,39-,40-,41-/m0/s1. The lowest BCUT2D eigenvalue weighted by atomic mass is 9.81. The summed E-state index contributed by atoms with van der Waals surface area (Å²) in [6, 6.07) is 9.61. The molecule has 28 heteroatoms. The predicted octanol–water partition coefficient (Wildman–Crippen LogP) is -0.257. The van der Waals surface area contributed by atoms with E-state index in [9.17, 15) is 73.2 Å². The summed E-state index contributed by atoms with van der Waals surface area (Å²) < 4.78 is 0. The quantitative estimate of drug-likeness (QED) is 0.0260. The third-order valence-electron chi connectivity index (χ3n) is 13.2. The van der Waals surface area contributed by atoms with Crippen LogP contribution < -0.4 is 37.2 Å². The number of fused-ring (bicyclic) bond motifs is 2. The number of rotatable bonds is 38. The number of benzene rings is 3. The van der Waals surface area contributed by atoms with Crippen molar-refractivity contribution in [1.82, 2.24) is 47.0 Å². The number of hydrogen-bond acceptors (Lipinski definition) is 16. The zero-order chi connectivity index (χ0) is 58.7. The van der Waals surface area contributed by atoms with Gasteiger partial charge in [-0.05, 0) is 77.6 Å². The Morgan fingerprint density at radius 1 is 0.562 bits per heavy atom. The van der Waals surface area contributed by atoms with Gasteiger partial charge in [-0.15, -0.1) is 0 Å². The van der Waals surface area contributed by atoms with E-state index in [-0.39, 0.29) is 110 Å². The second-order valence-corrected chi connectivity index (χ2v) is 20.4. The number of thioether (sulfide) groups is 1. The second-order valence-electron chi connectivity index (χ2n) is 19.3. The SMILES string of the molecule is O=C(O)CCC[C@H](NC(=O)N[C@@H](CSC[C@H](NC(=O)[C@H](Cc1c2ccccc2cc2ccccc12)NC(=O)C1CCC(CNC(=O)CN(CCNCC(=O)O)CCN(CCNCC(=O)O)CC(=O)O)CC1)C(=O)O)C(=O)O)C(=O)O. The minimum absolute atomic E-state index is 0.0320. The molecule has 0 aromatic heterocycles. The highest BCUT2D eigenvalue weighted by molar-refractivity contribution is 7.99. The van der Waals surface area contributed by atoms with Crippen molar-refractivity contribution in [3.63, 3.8) is 0 Å². The van der Waals surface area contributed by atoms with Crippen molar-refractivity contribution in [2.75, 3.05) is 83.5 Å². The molecule has 0 bridgehead atoms. The molecule has 0 unspecified atom stereocenters. The lowest BCUT2D eigenvalue weighted by Gasteiger charge is -2.30. The molecule has 3 aromatic carbocycles. The van der Waals surface area contributed by atoms with E-state index in [1.165, 1.54) is 0 Å². The minimum Gasteiger partial charge on any atom is -0.481 e. The molecule has 4 atom stereocenters. The highest BCUT2D eigenvalue weighted by Crippen LogP contribution is 2.31. The molecule has 0 spiro atoms. The molecule has 3 aromatic rings. The van der Waals surface area contributed by atoms with Crippen molar-refractivity contribution < 1.29 is 88.5 Å². The number of carboxylic acid groups (broad SMARTS) is 7. The Kier molecular flexibility index (Phi) is 27.3. The van der Waals surface area contributed by atoms with Gasteiger partial charge in [-0.1, -0.05) is 48.5 Å². The van der Waals surface area contributed by atoms with E-state index >= 15 is 0 Å². The summed E-state index contributed by atoms with van der Waals surface area (Å²) in [6.45, 7) is 0.519. The average Bonchev–Trinajstić information content (AvgIpc) is 3.46. The van der Waals surface area contributed by atoms with E-state index in [1.54, 1.807) is 9.80 Å². The molecule has 4 rings (SSSR count). The molecule has 1 aliphatic rings. The van der Waals surface area contributed by atoms with Crippen LogP contribution >= 0.6 is 11.8 Å². The summed E-state index contributed by atoms with van der Waals surface area (Å²) in [7, 11) is 0. The van der Waals surface area contributed by atoms with Crippen LogP contribution in [0.25, 0.3) is 21.5 Å². The maximum atomic E-state index is 14.4. The first-order valence-electron chi connectivity index (χ1n) is 25.9. The molecule has 1 aliphatic carbocycles. The molecule has 80 heavy (non-hydrogen) atoms. The Balaban J connectivity index is 1.42. The Morgan fingerprint density at radius 2 is 1.07 bits per heavy atom. The smallest absolute Gasteiger partial charge is 0.327 e. The van der Waals surface area contributed by atoms with Gasteiger partial charge in [0.15, 0.2) is 0 Å². The molecule has 27 nitrogen and oxygen atoms in total. The fraction of sp³-hybridized carbons (Fsp3) is 0.519. The number of nitrogens with one attached hydrogen (secondary N) is 7. The van der Waals surface area contributed by atoms with Gasteiger partial charge in [-0.2, -0.15) is 11.8 Å². The van der Waals surface area contributed by atoms with Crippen molar-refractivity contribution in [2.45, 2.75) is 75.5 Å².